The number of benzene rings is 1. The Hall–Kier alpha value is -2.43. The summed E-state index contributed by atoms with van der Waals surface area (Å²) in [7, 11) is 0. The third-order valence-corrected chi connectivity index (χ3v) is 4.92. The second-order valence-electron chi connectivity index (χ2n) is 5.47. The van der Waals surface area contributed by atoms with Crippen LogP contribution in [0.25, 0.3) is 17.0 Å². The van der Waals surface area contributed by atoms with Gasteiger partial charge in [-0.2, -0.15) is 0 Å². The van der Waals surface area contributed by atoms with Gasteiger partial charge in [0.25, 0.3) is 0 Å². The first-order valence-electron chi connectivity index (χ1n) is 7.83. The fourth-order valence-corrected chi connectivity index (χ4v) is 3.65. The lowest BCUT2D eigenvalue weighted by atomic mass is 10.1. The molecule has 3 rings (SSSR count). The van der Waals surface area contributed by atoms with E-state index in [1.54, 1.807) is 23.2 Å². The molecule has 0 unspecified atom stereocenters. The molecule has 0 atom stereocenters. The van der Waals surface area contributed by atoms with Gasteiger partial charge in [0.1, 0.15) is 0 Å². The molecular formula is C20H17ClN2OS. The number of fused-ring (bicyclic) bond motifs is 1. The van der Waals surface area contributed by atoms with Crippen molar-refractivity contribution in [3.05, 3.63) is 82.2 Å². The summed E-state index contributed by atoms with van der Waals surface area (Å²) in [6.07, 6.45) is 6.88. The summed E-state index contributed by atoms with van der Waals surface area (Å²) < 4.78 is 0.721. The van der Waals surface area contributed by atoms with E-state index in [9.17, 15) is 4.79 Å². The molecule has 1 aromatic carbocycles. The minimum atomic E-state index is -0.0719. The summed E-state index contributed by atoms with van der Waals surface area (Å²) in [5.41, 5.74) is 1.80. The summed E-state index contributed by atoms with van der Waals surface area (Å²) in [5.74, 6) is -0.0719. The first kappa shape index (κ1) is 17.4. The van der Waals surface area contributed by atoms with Crippen LogP contribution in [0.3, 0.4) is 0 Å². The highest BCUT2D eigenvalue weighted by Gasteiger charge is 2.11. The molecule has 0 fully saturated rings. The van der Waals surface area contributed by atoms with Crippen molar-refractivity contribution in [3.63, 3.8) is 0 Å². The lowest BCUT2D eigenvalue weighted by Crippen LogP contribution is -2.28. The number of rotatable bonds is 6. The predicted octanol–water partition coefficient (Wildman–Crippen LogP) is 5.18. The van der Waals surface area contributed by atoms with E-state index in [4.69, 9.17) is 11.6 Å². The number of hydrogen-bond donors (Lipinski definition) is 0. The number of halogens is 1. The second-order valence-corrected chi connectivity index (χ2v) is 7.27. The van der Waals surface area contributed by atoms with E-state index in [-0.39, 0.29) is 5.91 Å². The molecule has 0 saturated heterocycles. The highest BCUT2D eigenvalue weighted by atomic mass is 35.5. The minimum absolute atomic E-state index is 0.0719. The van der Waals surface area contributed by atoms with Crippen LogP contribution in [0.15, 0.2) is 67.4 Å². The lowest BCUT2D eigenvalue weighted by molar-refractivity contribution is -0.126. The number of amides is 1. The van der Waals surface area contributed by atoms with E-state index in [2.05, 4.69) is 11.6 Å². The van der Waals surface area contributed by atoms with Crippen LogP contribution in [0.2, 0.25) is 4.34 Å². The molecule has 0 bridgehead atoms. The Bertz CT molecular complexity index is 927. The monoisotopic (exact) mass is 368 g/mol. The van der Waals surface area contributed by atoms with Gasteiger partial charge in [-0.05, 0) is 24.3 Å². The average Bonchev–Trinajstić information content (AvgIpc) is 3.04. The number of para-hydroxylation sites is 1. The van der Waals surface area contributed by atoms with Crippen molar-refractivity contribution in [2.45, 2.75) is 6.54 Å². The molecule has 5 heteroatoms. The summed E-state index contributed by atoms with van der Waals surface area (Å²) in [6.45, 7) is 4.73. The maximum absolute atomic E-state index is 12.6. The van der Waals surface area contributed by atoms with E-state index >= 15 is 0 Å². The molecule has 0 aliphatic carbocycles. The number of hydrogen-bond acceptors (Lipinski definition) is 3. The molecule has 0 spiro atoms. The fraction of sp³-hybridized carbons (Fsp3) is 0.100. The quantitative estimate of drug-likeness (QED) is 0.443. The molecule has 0 radical (unpaired) electrons. The van der Waals surface area contributed by atoms with Crippen LogP contribution in [0.1, 0.15) is 10.4 Å². The third-order valence-electron chi connectivity index (χ3n) is 3.71. The Labute approximate surface area is 155 Å². The molecule has 2 heterocycles. The van der Waals surface area contributed by atoms with Gasteiger partial charge in [0.15, 0.2) is 0 Å². The lowest BCUT2D eigenvalue weighted by Gasteiger charge is -2.18. The molecule has 2 aromatic heterocycles. The maximum Gasteiger partial charge on any atom is 0.247 e. The summed E-state index contributed by atoms with van der Waals surface area (Å²) >= 11 is 7.45. The topological polar surface area (TPSA) is 33.2 Å². The minimum Gasteiger partial charge on any atom is -0.330 e. The van der Waals surface area contributed by atoms with Crippen molar-refractivity contribution >= 4 is 45.8 Å². The highest BCUT2D eigenvalue weighted by Crippen LogP contribution is 2.23. The van der Waals surface area contributed by atoms with E-state index in [0.717, 1.165) is 25.7 Å². The number of carbonyl (C=O) groups is 1. The van der Waals surface area contributed by atoms with Crippen molar-refractivity contribution in [2.24, 2.45) is 0 Å². The van der Waals surface area contributed by atoms with E-state index in [1.807, 2.05) is 48.5 Å². The van der Waals surface area contributed by atoms with Gasteiger partial charge in [0.2, 0.25) is 5.91 Å². The predicted molar refractivity (Wildman–Crippen MR) is 106 cm³/mol. The van der Waals surface area contributed by atoms with E-state index in [1.165, 1.54) is 11.3 Å². The Morgan fingerprint density at radius 1 is 1.24 bits per heavy atom. The first-order valence-corrected chi connectivity index (χ1v) is 9.02. The van der Waals surface area contributed by atoms with Crippen LogP contribution < -0.4 is 0 Å². The maximum atomic E-state index is 12.6. The van der Waals surface area contributed by atoms with Crippen molar-refractivity contribution < 1.29 is 4.79 Å². The summed E-state index contributed by atoms with van der Waals surface area (Å²) in [4.78, 5) is 19.8. The standard InChI is InChI=1S/C20H17ClN2OS/c1-2-13-23(14-17-9-10-18(21)25-17)19(24)11-8-16-6-3-5-15-7-4-12-22-20(15)16/h2-12H,1,13-14H2/b11-8+. The normalized spacial score (nSPS) is 11.1. The zero-order valence-electron chi connectivity index (χ0n) is 13.6. The van der Waals surface area contributed by atoms with Crippen LogP contribution in [0.5, 0.6) is 0 Å². The third kappa shape index (κ3) is 4.35. The van der Waals surface area contributed by atoms with Gasteiger partial charge in [-0.25, -0.2) is 0 Å². The fourth-order valence-electron chi connectivity index (χ4n) is 2.54. The number of thiophene rings is 1. The average molecular weight is 369 g/mol. The molecule has 25 heavy (non-hydrogen) atoms. The van der Waals surface area contributed by atoms with Crippen molar-refractivity contribution in [1.29, 1.82) is 0 Å². The summed E-state index contributed by atoms with van der Waals surface area (Å²) in [6, 6.07) is 13.6. The number of pyridine rings is 1. The smallest absolute Gasteiger partial charge is 0.247 e. The molecule has 3 nitrogen and oxygen atoms in total. The van der Waals surface area contributed by atoms with Gasteiger partial charge in [0, 0.05) is 34.6 Å². The van der Waals surface area contributed by atoms with E-state index < -0.39 is 0 Å². The zero-order chi connectivity index (χ0) is 17.6. The molecule has 126 valence electrons. The van der Waals surface area contributed by atoms with Crippen molar-refractivity contribution in [1.82, 2.24) is 9.88 Å². The Balaban J connectivity index is 1.80. The Kier molecular flexibility index (Phi) is 5.64. The molecule has 1 amide bonds. The van der Waals surface area contributed by atoms with Crippen LogP contribution in [-0.4, -0.2) is 22.3 Å². The first-order chi connectivity index (χ1) is 12.2. The highest BCUT2D eigenvalue weighted by molar-refractivity contribution is 7.16. The second kappa shape index (κ2) is 8.10. The Morgan fingerprint density at radius 2 is 2.08 bits per heavy atom. The number of nitrogens with zero attached hydrogens (tertiary/aromatic N) is 2. The van der Waals surface area contributed by atoms with Crippen LogP contribution in [0.4, 0.5) is 0 Å². The van der Waals surface area contributed by atoms with Gasteiger partial charge in [-0.1, -0.05) is 41.9 Å². The van der Waals surface area contributed by atoms with Gasteiger partial charge in [-0.3, -0.25) is 9.78 Å². The number of aromatic nitrogens is 1. The van der Waals surface area contributed by atoms with Gasteiger partial charge >= 0.3 is 0 Å². The van der Waals surface area contributed by atoms with Crippen molar-refractivity contribution in [2.75, 3.05) is 6.54 Å². The van der Waals surface area contributed by atoms with E-state index in [0.29, 0.717) is 13.1 Å². The van der Waals surface area contributed by atoms with Crippen LogP contribution >= 0.6 is 22.9 Å². The molecule has 3 aromatic rings. The molecule has 0 saturated carbocycles. The van der Waals surface area contributed by atoms with Crippen molar-refractivity contribution in [3.8, 4) is 0 Å². The Morgan fingerprint density at radius 3 is 2.84 bits per heavy atom. The SMILES string of the molecule is C=CCN(Cc1ccc(Cl)s1)C(=O)/C=C/c1cccc2cccnc12. The molecule has 0 aliphatic rings. The molecular weight excluding hydrogens is 352 g/mol. The van der Waals surface area contributed by atoms with Crippen LogP contribution in [0, 0.1) is 0 Å². The zero-order valence-corrected chi connectivity index (χ0v) is 15.1. The molecule has 0 N–H and O–H groups in total. The van der Waals surface area contributed by atoms with Gasteiger partial charge in [0.05, 0.1) is 16.4 Å². The van der Waals surface area contributed by atoms with Gasteiger partial charge in [-0.15, -0.1) is 17.9 Å². The van der Waals surface area contributed by atoms with Crippen LogP contribution in [-0.2, 0) is 11.3 Å². The number of carbonyl (C=O) groups excluding carboxylic acids is 1. The molecule has 0 aliphatic heterocycles. The van der Waals surface area contributed by atoms with Gasteiger partial charge < -0.3 is 4.90 Å². The summed E-state index contributed by atoms with van der Waals surface area (Å²) in [5, 5.41) is 1.05. The largest absolute Gasteiger partial charge is 0.330 e.